The summed E-state index contributed by atoms with van der Waals surface area (Å²) in [7, 11) is 0. The van der Waals surface area contributed by atoms with E-state index < -0.39 is 11.7 Å². The third kappa shape index (κ3) is 2.89. The summed E-state index contributed by atoms with van der Waals surface area (Å²) in [4.78, 5) is 4.32. The first-order valence-electron chi connectivity index (χ1n) is 4.38. The average Bonchev–Trinajstić information content (AvgIpc) is 2.72. The van der Waals surface area contributed by atoms with Gasteiger partial charge in [0, 0.05) is 10.6 Å². The normalized spacial score (nSPS) is 11.7. The van der Waals surface area contributed by atoms with Gasteiger partial charge in [0.2, 0.25) is 0 Å². The van der Waals surface area contributed by atoms with E-state index in [2.05, 4.69) is 9.36 Å². The molecule has 0 aliphatic carbocycles. The molecule has 1 aromatic carbocycles. The van der Waals surface area contributed by atoms with Crippen LogP contribution in [-0.4, -0.2) is 9.36 Å². The number of hydrogen-bond donors (Lipinski definition) is 1. The molecule has 0 bridgehead atoms. The van der Waals surface area contributed by atoms with Crippen LogP contribution in [0.25, 0.3) is 0 Å². The highest BCUT2D eigenvalue weighted by Crippen LogP contribution is 2.37. The maximum absolute atomic E-state index is 12.6. The molecule has 90 valence electrons. The molecule has 2 rings (SSSR count). The Bertz CT molecular complexity index is 511. The lowest BCUT2D eigenvalue weighted by molar-refractivity contribution is -0.137. The van der Waals surface area contributed by atoms with Gasteiger partial charge >= 0.3 is 6.18 Å². The molecule has 0 amide bonds. The Morgan fingerprint density at radius 2 is 2.06 bits per heavy atom. The van der Waals surface area contributed by atoms with Crippen molar-refractivity contribution in [2.24, 2.45) is 0 Å². The molecule has 17 heavy (non-hydrogen) atoms. The fraction of sp³-hybridized carbons (Fsp3) is 0.111. The topological polar surface area (TPSA) is 51.8 Å². The van der Waals surface area contributed by atoms with Gasteiger partial charge in [-0.25, -0.2) is 4.98 Å². The Hall–Kier alpha value is -1.28. The summed E-state index contributed by atoms with van der Waals surface area (Å²) in [6.45, 7) is 0. The molecular formula is C9H6F3N3S2. The highest BCUT2D eigenvalue weighted by atomic mass is 32.2. The number of benzene rings is 1. The van der Waals surface area contributed by atoms with Gasteiger partial charge < -0.3 is 5.73 Å². The van der Waals surface area contributed by atoms with Crippen molar-refractivity contribution in [1.29, 1.82) is 0 Å². The van der Waals surface area contributed by atoms with Gasteiger partial charge in [-0.2, -0.15) is 17.5 Å². The molecular weight excluding hydrogens is 271 g/mol. The van der Waals surface area contributed by atoms with Gasteiger partial charge in [0.05, 0.1) is 5.56 Å². The lowest BCUT2D eigenvalue weighted by Gasteiger charge is -2.10. The third-order valence-corrected chi connectivity index (χ3v) is 3.58. The van der Waals surface area contributed by atoms with Gasteiger partial charge in [0.1, 0.15) is 6.33 Å². The van der Waals surface area contributed by atoms with Crippen LogP contribution in [0.5, 0.6) is 0 Å². The number of aromatic nitrogens is 2. The summed E-state index contributed by atoms with van der Waals surface area (Å²) in [6.07, 6.45) is -3.09. The highest BCUT2D eigenvalue weighted by Gasteiger charge is 2.33. The van der Waals surface area contributed by atoms with E-state index >= 15 is 0 Å². The fourth-order valence-corrected chi connectivity index (χ4v) is 2.61. The van der Waals surface area contributed by atoms with Crippen LogP contribution >= 0.6 is 23.3 Å². The minimum atomic E-state index is -4.44. The van der Waals surface area contributed by atoms with Crippen molar-refractivity contribution in [2.75, 3.05) is 5.73 Å². The van der Waals surface area contributed by atoms with Gasteiger partial charge in [0.15, 0.2) is 4.34 Å². The van der Waals surface area contributed by atoms with E-state index in [1.807, 2.05) is 0 Å². The summed E-state index contributed by atoms with van der Waals surface area (Å²) >= 11 is 2.25. The van der Waals surface area contributed by atoms with Crippen LogP contribution in [0.3, 0.4) is 0 Å². The highest BCUT2D eigenvalue weighted by molar-refractivity contribution is 8.01. The van der Waals surface area contributed by atoms with Crippen molar-refractivity contribution in [1.82, 2.24) is 9.36 Å². The molecule has 0 aliphatic rings. The lowest BCUT2D eigenvalue weighted by atomic mass is 10.2. The van der Waals surface area contributed by atoms with Crippen molar-refractivity contribution in [3.63, 3.8) is 0 Å². The van der Waals surface area contributed by atoms with Crippen LogP contribution in [0, 0.1) is 0 Å². The zero-order valence-corrected chi connectivity index (χ0v) is 9.86. The Labute approximate surface area is 103 Å². The third-order valence-electron chi connectivity index (χ3n) is 1.88. The van der Waals surface area contributed by atoms with Crippen LogP contribution in [0.2, 0.25) is 0 Å². The largest absolute Gasteiger partial charge is 0.418 e. The Kier molecular flexibility index (Phi) is 3.25. The molecule has 0 fully saturated rings. The fourth-order valence-electron chi connectivity index (χ4n) is 1.15. The van der Waals surface area contributed by atoms with Crippen molar-refractivity contribution in [2.45, 2.75) is 15.4 Å². The first-order valence-corrected chi connectivity index (χ1v) is 5.97. The summed E-state index contributed by atoms with van der Waals surface area (Å²) < 4.78 is 42.1. The van der Waals surface area contributed by atoms with Crippen LogP contribution in [0.1, 0.15) is 5.56 Å². The first-order chi connectivity index (χ1) is 7.97. The quantitative estimate of drug-likeness (QED) is 0.856. The molecule has 0 radical (unpaired) electrons. The van der Waals surface area contributed by atoms with Crippen molar-refractivity contribution < 1.29 is 13.2 Å². The van der Waals surface area contributed by atoms with Crippen LogP contribution in [0.15, 0.2) is 33.8 Å². The second-order valence-corrected chi connectivity index (χ2v) is 5.16. The zero-order chi connectivity index (χ0) is 12.5. The van der Waals surface area contributed by atoms with E-state index in [4.69, 9.17) is 5.73 Å². The van der Waals surface area contributed by atoms with Crippen molar-refractivity contribution >= 4 is 29.0 Å². The molecule has 0 atom stereocenters. The molecule has 2 aromatic rings. The lowest BCUT2D eigenvalue weighted by Crippen LogP contribution is -2.08. The predicted octanol–water partition coefficient (Wildman–Crippen LogP) is 3.29. The van der Waals surface area contributed by atoms with E-state index in [0.29, 0.717) is 9.24 Å². The summed E-state index contributed by atoms with van der Waals surface area (Å²) in [6, 6.07) is 3.78. The van der Waals surface area contributed by atoms with Gasteiger partial charge in [0.25, 0.3) is 0 Å². The minimum absolute atomic E-state index is 0.279. The number of nitrogens with zero attached hydrogens (tertiary/aromatic N) is 2. The summed E-state index contributed by atoms with van der Waals surface area (Å²) in [5.41, 5.74) is 4.19. The van der Waals surface area contributed by atoms with Gasteiger partial charge in [-0.05, 0) is 29.7 Å². The molecule has 0 saturated heterocycles. The maximum atomic E-state index is 12.6. The Morgan fingerprint density at radius 3 is 2.65 bits per heavy atom. The van der Waals surface area contributed by atoms with E-state index in [0.717, 1.165) is 29.4 Å². The van der Waals surface area contributed by atoms with E-state index in [9.17, 15) is 13.2 Å². The zero-order valence-electron chi connectivity index (χ0n) is 8.23. The molecule has 1 aromatic heterocycles. The van der Waals surface area contributed by atoms with Crippen LogP contribution < -0.4 is 5.73 Å². The average molecular weight is 277 g/mol. The Balaban J connectivity index is 2.31. The van der Waals surface area contributed by atoms with E-state index in [1.165, 1.54) is 18.5 Å². The van der Waals surface area contributed by atoms with Gasteiger partial charge in [-0.15, -0.1) is 0 Å². The number of rotatable bonds is 2. The second kappa shape index (κ2) is 4.53. The van der Waals surface area contributed by atoms with E-state index in [1.54, 1.807) is 0 Å². The number of nitrogen functional groups attached to an aromatic ring is 1. The van der Waals surface area contributed by atoms with Gasteiger partial charge in [-0.3, -0.25) is 0 Å². The first kappa shape index (κ1) is 12.2. The number of anilines is 1. The number of hydrogen-bond acceptors (Lipinski definition) is 5. The minimum Gasteiger partial charge on any atom is -0.398 e. The summed E-state index contributed by atoms with van der Waals surface area (Å²) in [5.74, 6) is 0. The van der Waals surface area contributed by atoms with Crippen molar-refractivity contribution in [3.05, 3.63) is 30.1 Å². The van der Waals surface area contributed by atoms with Crippen LogP contribution in [0.4, 0.5) is 18.9 Å². The van der Waals surface area contributed by atoms with E-state index in [-0.39, 0.29) is 5.69 Å². The molecule has 8 heteroatoms. The molecule has 0 saturated carbocycles. The number of nitrogens with two attached hydrogens (primary N) is 1. The number of alkyl halides is 3. The van der Waals surface area contributed by atoms with Crippen LogP contribution in [-0.2, 0) is 6.18 Å². The monoisotopic (exact) mass is 277 g/mol. The SMILES string of the molecule is Nc1ccc(Sc2ncns2)cc1C(F)(F)F. The standard InChI is InChI=1S/C9H6F3N3S2/c10-9(11,12)6-3-5(1-2-7(6)13)16-8-14-4-15-17-8/h1-4H,13H2. The van der Waals surface area contributed by atoms with Crippen molar-refractivity contribution in [3.8, 4) is 0 Å². The second-order valence-electron chi connectivity index (χ2n) is 3.06. The molecule has 0 spiro atoms. The molecule has 2 N–H and O–H groups in total. The predicted molar refractivity (Wildman–Crippen MR) is 59.9 cm³/mol. The maximum Gasteiger partial charge on any atom is 0.418 e. The van der Waals surface area contributed by atoms with Gasteiger partial charge in [-0.1, -0.05) is 11.8 Å². The molecule has 3 nitrogen and oxygen atoms in total. The Morgan fingerprint density at radius 1 is 1.29 bits per heavy atom. The molecule has 0 aliphatic heterocycles. The smallest absolute Gasteiger partial charge is 0.398 e. The molecule has 0 unspecified atom stereocenters. The summed E-state index contributed by atoms with van der Waals surface area (Å²) in [5, 5.41) is 0. The molecule has 1 heterocycles. The number of halogens is 3.